The van der Waals surface area contributed by atoms with Gasteiger partial charge in [-0.2, -0.15) is 11.8 Å². The fraction of sp³-hybridized carbons (Fsp3) is 0.750. The van der Waals surface area contributed by atoms with E-state index in [9.17, 15) is 13.2 Å². The SMILES string of the molecule is C#CCN(C(=O)[C@H](N)CCSC)C1CCS(=O)(=O)C1. The number of carbonyl (C=O) groups excluding carboxylic acids is 1. The van der Waals surface area contributed by atoms with Gasteiger partial charge >= 0.3 is 0 Å². The first-order chi connectivity index (χ1) is 8.91. The van der Waals surface area contributed by atoms with Crippen LogP contribution in [0.25, 0.3) is 0 Å². The molecule has 1 rings (SSSR count). The van der Waals surface area contributed by atoms with E-state index >= 15 is 0 Å². The average molecular weight is 304 g/mol. The monoisotopic (exact) mass is 304 g/mol. The summed E-state index contributed by atoms with van der Waals surface area (Å²) in [5, 5.41) is 0. The molecule has 1 amide bonds. The molecule has 0 aliphatic carbocycles. The molecule has 1 heterocycles. The molecule has 5 nitrogen and oxygen atoms in total. The van der Waals surface area contributed by atoms with E-state index in [1.807, 2.05) is 6.26 Å². The lowest BCUT2D eigenvalue weighted by molar-refractivity contribution is -0.133. The van der Waals surface area contributed by atoms with E-state index < -0.39 is 15.9 Å². The van der Waals surface area contributed by atoms with Gasteiger partial charge in [-0.3, -0.25) is 4.79 Å². The Hall–Kier alpha value is -0.710. The summed E-state index contributed by atoms with van der Waals surface area (Å²) in [5.74, 6) is 3.08. The largest absolute Gasteiger partial charge is 0.326 e. The van der Waals surface area contributed by atoms with Crippen molar-refractivity contribution in [2.24, 2.45) is 5.73 Å². The molecule has 0 spiro atoms. The number of terminal acetylenes is 1. The van der Waals surface area contributed by atoms with Crippen molar-refractivity contribution in [3.8, 4) is 12.3 Å². The van der Waals surface area contributed by atoms with Crippen LogP contribution < -0.4 is 5.73 Å². The molecule has 0 aromatic rings. The van der Waals surface area contributed by atoms with Gasteiger partial charge in [0.05, 0.1) is 24.1 Å². The molecular weight excluding hydrogens is 284 g/mol. The van der Waals surface area contributed by atoms with E-state index in [1.165, 1.54) is 4.90 Å². The van der Waals surface area contributed by atoms with Gasteiger partial charge in [0.2, 0.25) is 5.91 Å². The van der Waals surface area contributed by atoms with E-state index in [4.69, 9.17) is 12.2 Å². The van der Waals surface area contributed by atoms with Gasteiger partial charge in [0, 0.05) is 6.04 Å². The van der Waals surface area contributed by atoms with Crippen LogP contribution in [0.3, 0.4) is 0 Å². The summed E-state index contributed by atoms with van der Waals surface area (Å²) >= 11 is 1.62. The smallest absolute Gasteiger partial charge is 0.240 e. The zero-order chi connectivity index (χ0) is 14.5. The van der Waals surface area contributed by atoms with Gasteiger partial charge in [-0.15, -0.1) is 6.42 Å². The molecule has 0 bridgehead atoms. The van der Waals surface area contributed by atoms with Crippen LogP contribution >= 0.6 is 11.8 Å². The molecule has 0 aromatic heterocycles. The molecule has 19 heavy (non-hydrogen) atoms. The van der Waals surface area contributed by atoms with Crippen LogP contribution in [0.4, 0.5) is 0 Å². The lowest BCUT2D eigenvalue weighted by Gasteiger charge is -2.28. The Bertz CT molecular complexity index is 456. The number of hydrogen-bond donors (Lipinski definition) is 1. The highest BCUT2D eigenvalue weighted by Gasteiger charge is 2.35. The highest BCUT2D eigenvalue weighted by Crippen LogP contribution is 2.18. The van der Waals surface area contributed by atoms with Crippen molar-refractivity contribution in [2.45, 2.75) is 24.9 Å². The van der Waals surface area contributed by atoms with Gasteiger partial charge in [-0.25, -0.2) is 8.42 Å². The first-order valence-corrected chi connectivity index (χ1v) is 9.31. The Morgan fingerprint density at radius 3 is 2.79 bits per heavy atom. The van der Waals surface area contributed by atoms with Crippen LogP contribution in [0.5, 0.6) is 0 Å². The summed E-state index contributed by atoms with van der Waals surface area (Å²) in [7, 11) is -3.04. The molecule has 1 aliphatic rings. The minimum atomic E-state index is -3.04. The van der Waals surface area contributed by atoms with Gasteiger partial charge in [-0.1, -0.05) is 5.92 Å². The number of rotatable bonds is 6. The Balaban J connectivity index is 2.72. The van der Waals surface area contributed by atoms with Gasteiger partial charge in [0.25, 0.3) is 0 Å². The number of nitrogens with two attached hydrogens (primary N) is 1. The normalized spacial score (nSPS) is 22.7. The van der Waals surface area contributed by atoms with E-state index in [0.29, 0.717) is 12.8 Å². The summed E-state index contributed by atoms with van der Waals surface area (Å²) in [5.41, 5.74) is 5.85. The molecule has 2 N–H and O–H groups in total. The van der Waals surface area contributed by atoms with Crippen molar-refractivity contribution in [2.75, 3.05) is 30.1 Å². The molecule has 0 saturated carbocycles. The van der Waals surface area contributed by atoms with E-state index in [0.717, 1.165) is 5.75 Å². The van der Waals surface area contributed by atoms with Crippen molar-refractivity contribution in [3.63, 3.8) is 0 Å². The number of sulfone groups is 1. The summed E-state index contributed by atoms with van der Waals surface area (Å²) < 4.78 is 23.0. The predicted octanol–water partition coefficient (Wildman–Crippen LogP) is -0.284. The maximum absolute atomic E-state index is 12.2. The maximum Gasteiger partial charge on any atom is 0.240 e. The van der Waals surface area contributed by atoms with Gasteiger partial charge in [0.1, 0.15) is 0 Å². The topological polar surface area (TPSA) is 80.5 Å². The number of amides is 1. The second kappa shape index (κ2) is 7.17. The third kappa shape index (κ3) is 4.71. The second-order valence-electron chi connectivity index (χ2n) is 4.62. The molecule has 7 heteroatoms. The third-order valence-corrected chi connectivity index (χ3v) is 5.54. The number of nitrogens with zero attached hydrogens (tertiary/aromatic N) is 1. The van der Waals surface area contributed by atoms with Crippen LogP contribution in [-0.2, 0) is 14.6 Å². The summed E-state index contributed by atoms with van der Waals surface area (Å²) in [6.07, 6.45) is 8.23. The number of thioether (sulfide) groups is 1. The zero-order valence-corrected chi connectivity index (χ0v) is 12.7. The van der Waals surface area contributed by atoms with Crippen LogP contribution in [0.1, 0.15) is 12.8 Å². The average Bonchev–Trinajstić information content (AvgIpc) is 2.72. The van der Waals surface area contributed by atoms with Gasteiger partial charge < -0.3 is 10.6 Å². The van der Waals surface area contributed by atoms with Crippen LogP contribution in [0, 0.1) is 12.3 Å². The Kier molecular flexibility index (Phi) is 6.17. The molecule has 0 aromatic carbocycles. The highest BCUT2D eigenvalue weighted by atomic mass is 32.2. The Labute approximate surface area is 119 Å². The molecule has 1 saturated heterocycles. The Morgan fingerprint density at radius 2 is 2.32 bits per heavy atom. The molecule has 1 fully saturated rings. The first kappa shape index (κ1) is 16.3. The molecule has 0 radical (unpaired) electrons. The summed E-state index contributed by atoms with van der Waals surface area (Å²) in [6, 6.07) is -0.932. The predicted molar refractivity (Wildman–Crippen MR) is 78.6 cm³/mol. The minimum Gasteiger partial charge on any atom is -0.326 e. The lowest BCUT2D eigenvalue weighted by atomic mass is 10.1. The van der Waals surface area contributed by atoms with Gasteiger partial charge in [0.15, 0.2) is 9.84 Å². The van der Waals surface area contributed by atoms with Crippen molar-refractivity contribution >= 4 is 27.5 Å². The molecule has 1 aliphatic heterocycles. The maximum atomic E-state index is 12.2. The van der Waals surface area contributed by atoms with E-state index in [2.05, 4.69) is 5.92 Å². The van der Waals surface area contributed by atoms with Crippen molar-refractivity contribution in [1.29, 1.82) is 0 Å². The minimum absolute atomic E-state index is 0.00430. The fourth-order valence-corrected chi connectivity index (χ4v) is 4.31. The van der Waals surface area contributed by atoms with Crippen molar-refractivity contribution in [3.05, 3.63) is 0 Å². The van der Waals surface area contributed by atoms with E-state index in [-0.39, 0.29) is 30.0 Å². The van der Waals surface area contributed by atoms with Crippen molar-refractivity contribution in [1.82, 2.24) is 4.90 Å². The van der Waals surface area contributed by atoms with Crippen LogP contribution in [-0.4, -0.2) is 61.4 Å². The molecule has 108 valence electrons. The lowest BCUT2D eigenvalue weighted by Crippen LogP contribution is -2.49. The number of hydrogen-bond acceptors (Lipinski definition) is 5. The second-order valence-corrected chi connectivity index (χ2v) is 7.83. The van der Waals surface area contributed by atoms with Gasteiger partial charge in [-0.05, 0) is 24.9 Å². The number of carbonyl (C=O) groups is 1. The van der Waals surface area contributed by atoms with Crippen molar-refractivity contribution < 1.29 is 13.2 Å². The molecule has 2 atom stereocenters. The van der Waals surface area contributed by atoms with Crippen LogP contribution in [0.15, 0.2) is 0 Å². The highest BCUT2D eigenvalue weighted by molar-refractivity contribution is 7.98. The molecular formula is C12H20N2O3S2. The van der Waals surface area contributed by atoms with E-state index in [1.54, 1.807) is 11.8 Å². The van der Waals surface area contributed by atoms with Crippen LogP contribution in [0.2, 0.25) is 0 Å². The fourth-order valence-electron chi connectivity index (χ4n) is 2.09. The summed E-state index contributed by atoms with van der Waals surface area (Å²) in [6.45, 7) is 0.117. The zero-order valence-electron chi connectivity index (χ0n) is 11.0. The standard InChI is InChI=1S/C12H20N2O3S2/c1-3-6-14(10-5-8-19(16,17)9-10)12(15)11(13)4-7-18-2/h1,10-11H,4-9,13H2,2H3/t10?,11-/m1/s1. The first-order valence-electron chi connectivity index (χ1n) is 6.10. The third-order valence-electron chi connectivity index (χ3n) is 3.14. The quantitative estimate of drug-likeness (QED) is 0.682. The molecule has 1 unspecified atom stereocenters. The summed E-state index contributed by atoms with van der Waals surface area (Å²) in [4.78, 5) is 13.7. The Morgan fingerprint density at radius 1 is 1.63 bits per heavy atom.